The molecule has 0 atom stereocenters. The molecule has 3 aromatic rings. The minimum absolute atomic E-state index is 0. The van der Waals surface area contributed by atoms with Crippen molar-refractivity contribution in [1.82, 2.24) is 9.88 Å². The Balaban J connectivity index is 0.000000821. The first-order chi connectivity index (χ1) is 15.3. The summed E-state index contributed by atoms with van der Waals surface area (Å²) >= 11 is 0. The summed E-state index contributed by atoms with van der Waals surface area (Å²) in [7, 11) is -4.94. The third-order valence-corrected chi connectivity index (χ3v) is 4.44. The molecule has 0 fully saturated rings. The predicted molar refractivity (Wildman–Crippen MR) is 107 cm³/mol. The van der Waals surface area contributed by atoms with Crippen LogP contribution >= 0.6 is 0 Å². The van der Waals surface area contributed by atoms with Crippen LogP contribution < -0.4 is 23.7 Å². The van der Waals surface area contributed by atoms with Gasteiger partial charge in [-0.3, -0.25) is 14.9 Å². The van der Waals surface area contributed by atoms with Gasteiger partial charge in [-0.1, -0.05) is 48.2 Å². The van der Waals surface area contributed by atoms with E-state index in [0.29, 0.717) is 25.2 Å². The number of hydrogen-bond acceptors (Lipinski definition) is 9. The van der Waals surface area contributed by atoms with Crippen LogP contribution in [0.1, 0.15) is 17.7 Å². The van der Waals surface area contributed by atoms with Crippen molar-refractivity contribution < 1.29 is 56.2 Å². The maximum absolute atomic E-state index is 12.2. The van der Waals surface area contributed by atoms with E-state index in [1.165, 1.54) is 0 Å². The zero-order chi connectivity index (χ0) is 23.4. The fourth-order valence-electron chi connectivity index (χ4n) is 3.08. The van der Waals surface area contributed by atoms with Gasteiger partial charge in [0, 0.05) is 38.6 Å². The van der Waals surface area contributed by atoms with Crippen LogP contribution in [0.2, 0.25) is 0 Å². The number of fused-ring (bicyclic) bond motifs is 1. The molecule has 11 heteroatoms. The molecule has 0 unspecified atom stereocenters. The van der Waals surface area contributed by atoms with Crippen molar-refractivity contribution in [3.63, 3.8) is 0 Å². The van der Waals surface area contributed by atoms with Crippen molar-refractivity contribution in [2.45, 2.75) is 13.0 Å². The van der Waals surface area contributed by atoms with Gasteiger partial charge >= 0.3 is 17.1 Å². The number of rotatable bonds is 9. The topological polar surface area (TPSA) is 164 Å². The number of aliphatic imine (C=N–C) groups is 1. The van der Waals surface area contributed by atoms with E-state index in [1.807, 2.05) is 48.5 Å². The quantitative estimate of drug-likeness (QED) is 0.188. The number of hydrogen-bond donors (Lipinski definition) is 1. The number of aliphatic hydroxyl groups is 1. The minimum Gasteiger partial charge on any atom is -0.872 e. The van der Waals surface area contributed by atoms with E-state index in [0.717, 1.165) is 29.4 Å². The van der Waals surface area contributed by atoms with E-state index in [2.05, 4.69) is 14.9 Å². The molecule has 9 nitrogen and oxygen atoms in total. The molecule has 0 saturated carbocycles. The number of nitrogens with zero attached hydrogens (tertiary/aromatic N) is 3. The second-order valence-electron chi connectivity index (χ2n) is 6.79. The second-order valence-corrected chi connectivity index (χ2v) is 7.54. The first-order valence-corrected chi connectivity index (χ1v) is 11.0. The summed E-state index contributed by atoms with van der Waals surface area (Å²) in [4.78, 5) is 11.0. The Morgan fingerprint density at radius 3 is 2.33 bits per heavy atom. The first-order valence-electron chi connectivity index (χ1n) is 9.81. The average molecular weight is 525 g/mol. The molecule has 0 aliphatic heterocycles. The molecule has 3 rings (SSSR count). The smallest absolute Gasteiger partial charge is 0.872 e. The van der Waals surface area contributed by atoms with Crippen LogP contribution in [0.3, 0.4) is 0 Å². The summed E-state index contributed by atoms with van der Waals surface area (Å²) in [5, 5.41) is 23.4. The summed E-state index contributed by atoms with van der Waals surface area (Å²) in [6.45, 7) is 2.88. The zero-order valence-corrected chi connectivity index (χ0v) is 19.3. The van der Waals surface area contributed by atoms with Crippen LogP contribution in [0, 0.1) is 10.2 Å². The third-order valence-electron chi connectivity index (χ3n) is 4.44. The van der Waals surface area contributed by atoms with E-state index >= 15 is 0 Å². The summed E-state index contributed by atoms with van der Waals surface area (Å²) < 4.78 is 34.0. The Morgan fingerprint density at radius 1 is 0.970 bits per heavy atom. The second kappa shape index (κ2) is 14.9. The fourth-order valence-corrected chi connectivity index (χ4v) is 3.08. The molecule has 0 aliphatic rings. The van der Waals surface area contributed by atoms with E-state index < -0.39 is 10.2 Å². The van der Waals surface area contributed by atoms with Gasteiger partial charge in [-0.25, -0.2) is 18.6 Å². The molecule has 181 valence electrons. The molecule has 1 radical (unpaired) electrons. The number of benzene rings is 2. The van der Waals surface area contributed by atoms with Crippen molar-refractivity contribution in [3.05, 3.63) is 72.1 Å². The van der Waals surface area contributed by atoms with Crippen molar-refractivity contribution >= 4 is 17.0 Å². The van der Waals surface area contributed by atoms with Crippen LogP contribution in [0.5, 0.6) is 5.75 Å². The summed E-state index contributed by atoms with van der Waals surface area (Å²) in [5.74, 6) is -0.00508. The maximum Gasteiger partial charge on any atom is 2.00 e. The Morgan fingerprint density at radius 2 is 1.67 bits per heavy atom. The number of halogens is 1. The Bertz CT molecular complexity index is 983. The van der Waals surface area contributed by atoms with Crippen molar-refractivity contribution in [2.24, 2.45) is 4.99 Å². The summed E-state index contributed by atoms with van der Waals surface area (Å²) in [5.41, 5.74) is 1.63. The number of aromatic nitrogens is 1. The van der Waals surface area contributed by atoms with E-state index in [9.17, 15) is 10.2 Å². The van der Waals surface area contributed by atoms with Gasteiger partial charge in [-0.2, -0.15) is 0 Å². The number of aliphatic hydroxyl groups excluding tert-OH is 1. The van der Waals surface area contributed by atoms with Crippen LogP contribution in [-0.2, 0) is 23.6 Å². The molecule has 0 amide bonds. The molecule has 0 aliphatic carbocycles. The van der Waals surface area contributed by atoms with Crippen molar-refractivity contribution in [3.8, 4) is 5.75 Å². The molecule has 2 aromatic carbocycles. The van der Waals surface area contributed by atoms with Gasteiger partial charge in [-0.15, -0.1) is 10.2 Å². The molecule has 1 N–H and O–H groups in total. The number of pyridine rings is 1. The standard InChI is InChI=1S/C22H25N3O2.ClHO4.Cu/c26-15-14-25(17-19-7-3-4-12-24-19)13-5-11-23-16-21-20-8-2-1-6-18(20)9-10-22(21)27;2-1(3,4)5;/h1-4,6-10,12,16,26-27H,5,11,13-15,17H2;(H,2,3,4,5);/q;;+2/p-2. The van der Waals surface area contributed by atoms with Gasteiger partial charge in [0.1, 0.15) is 0 Å². The molecule has 1 heterocycles. The Kier molecular flexibility index (Phi) is 13.1. The molecule has 1 aromatic heterocycles. The van der Waals surface area contributed by atoms with E-state index in [4.69, 9.17) is 18.6 Å². The van der Waals surface area contributed by atoms with Crippen LogP contribution in [0.4, 0.5) is 0 Å². The molecule has 0 bridgehead atoms. The first kappa shape index (κ1) is 28.9. The Labute approximate surface area is 204 Å². The molecular weight excluding hydrogens is 501 g/mol. The van der Waals surface area contributed by atoms with Gasteiger partial charge in [0.2, 0.25) is 0 Å². The minimum atomic E-state index is -4.94. The summed E-state index contributed by atoms with van der Waals surface area (Å²) in [6.07, 6.45) is 4.32. The molecule has 33 heavy (non-hydrogen) atoms. The van der Waals surface area contributed by atoms with Gasteiger partial charge in [0.05, 0.1) is 12.3 Å². The van der Waals surface area contributed by atoms with Crippen LogP contribution in [0.25, 0.3) is 10.8 Å². The average Bonchev–Trinajstić information content (AvgIpc) is 2.74. The predicted octanol–water partition coefficient (Wildman–Crippen LogP) is -2.15. The van der Waals surface area contributed by atoms with E-state index in [-0.39, 0.29) is 29.4 Å². The van der Waals surface area contributed by atoms with Crippen molar-refractivity contribution in [2.75, 3.05) is 26.2 Å². The maximum atomic E-state index is 12.2. The van der Waals surface area contributed by atoms with Gasteiger partial charge < -0.3 is 10.2 Å². The van der Waals surface area contributed by atoms with Gasteiger partial charge in [-0.05, 0) is 34.9 Å². The van der Waals surface area contributed by atoms with Gasteiger partial charge in [0.15, 0.2) is 0 Å². The van der Waals surface area contributed by atoms with Gasteiger partial charge in [0.25, 0.3) is 0 Å². The normalized spacial score (nSPS) is 11.3. The largest absolute Gasteiger partial charge is 2.00 e. The molecule has 0 saturated heterocycles. The van der Waals surface area contributed by atoms with E-state index in [1.54, 1.807) is 18.5 Å². The zero-order valence-electron chi connectivity index (χ0n) is 17.6. The third kappa shape index (κ3) is 11.5. The van der Waals surface area contributed by atoms with Crippen LogP contribution in [0.15, 0.2) is 65.8 Å². The molecular formula is C22H24ClCuN3O6. The fraction of sp³-hybridized carbons (Fsp3) is 0.273. The summed E-state index contributed by atoms with van der Waals surface area (Å²) in [6, 6.07) is 17.1. The van der Waals surface area contributed by atoms with Crippen LogP contribution in [-0.4, -0.2) is 47.4 Å². The van der Waals surface area contributed by atoms with Crippen molar-refractivity contribution in [1.29, 1.82) is 0 Å². The monoisotopic (exact) mass is 524 g/mol. The molecule has 0 spiro atoms. The SMILES string of the molecule is [Cu+2].[O-][Cl+3]([O-])([O-])[O-].[O-]c1ccc2ccccc2c1C=NCCCN(CCO)Cc1ccccn1. The Hall–Kier alpha value is -2.11.